The standard InChI is InChI=1S/C14H21N3O4/c1-4-16(8-9-21-5-2)14(18)12-10-11(15-3)6-7-13(12)17(19)20/h6-7,10,15H,4-5,8-9H2,1-3H3. The van der Waals surface area contributed by atoms with Crippen molar-refractivity contribution in [2.75, 3.05) is 38.7 Å². The van der Waals surface area contributed by atoms with Crippen molar-refractivity contribution < 1.29 is 14.5 Å². The van der Waals surface area contributed by atoms with Crippen LogP contribution in [0.15, 0.2) is 18.2 Å². The van der Waals surface area contributed by atoms with E-state index in [1.165, 1.54) is 17.0 Å². The van der Waals surface area contributed by atoms with Gasteiger partial charge in [-0.05, 0) is 26.0 Å². The zero-order valence-electron chi connectivity index (χ0n) is 12.6. The van der Waals surface area contributed by atoms with E-state index in [0.29, 0.717) is 32.0 Å². The number of hydrogen-bond donors (Lipinski definition) is 1. The molecule has 0 aromatic heterocycles. The van der Waals surface area contributed by atoms with Gasteiger partial charge in [-0.1, -0.05) is 0 Å². The highest BCUT2D eigenvalue weighted by atomic mass is 16.6. The lowest BCUT2D eigenvalue weighted by atomic mass is 10.1. The van der Waals surface area contributed by atoms with Crippen molar-refractivity contribution in [2.24, 2.45) is 0 Å². The molecule has 116 valence electrons. The van der Waals surface area contributed by atoms with Crippen molar-refractivity contribution in [1.29, 1.82) is 0 Å². The van der Waals surface area contributed by atoms with Crippen LogP contribution in [0.25, 0.3) is 0 Å². The predicted molar refractivity (Wildman–Crippen MR) is 80.7 cm³/mol. The number of nitrogens with zero attached hydrogens (tertiary/aromatic N) is 2. The number of likely N-dealkylation sites (N-methyl/N-ethyl adjacent to an activating group) is 1. The number of nitrogens with one attached hydrogen (secondary N) is 1. The quantitative estimate of drug-likeness (QED) is 0.451. The van der Waals surface area contributed by atoms with Gasteiger partial charge in [0.1, 0.15) is 5.56 Å². The van der Waals surface area contributed by atoms with E-state index in [1.54, 1.807) is 13.1 Å². The SMILES string of the molecule is CCOCCN(CC)C(=O)c1cc(NC)ccc1[N+](=O)[O-]. The number of rotatable bonds is 8. The van der Waals surface area contributed by atoms with E-state index in [9.17, 15) is 14.9 Å². The van der Waals surface area contributed by atoms with Crippen LogP contribution >= 0.6 is 0 Å². The molecule has 0 atom stereocenters. The second-order valence-electron chi connectivity index (χ2n) is 4.32. The first-order valence-corrected chi connectivity index (χ1v) is 6.88. The van der Waals surface area contributed by atoms with E-state index >= 15 is 0 Å². The first kappa shape index (κ1) is 16.9. The highest BCUT2D eigenvalue weighted by Gasteiger charge is 2.24. The van der Waals surface area contributed by atoms with E-state index in [-0.39, 0.29) is 17.2 Å². The minimum Gasteiger partial charge on any atom is -0.388 e. The Hall–Kier alpha value is -2.15. The largest absolute Gasteiger partial charge is 0.388 e. The molecule has 0 saturated carbocycles. The Morgan fingerprint density at radius 1 is 1.43 bits per heavy atom. The third-order valence-corrected chi connectivity index (χ3v) is 3.09. The smallest absolute Gasteiger partial charge is 0.282 e. The monoisotopic (exact) mass is 295 g/mol. The lowest BCUT2D eigenvalue weighted by Crippen LogP contribution is -2.34. The van der Waals surface area contributed by atoms with Crippen LogP contribution in [-0.4, -0.2) is 49.1 Å². The maximum Gasteiger partial charge on any atom is 0.282 e. The lowest BCUT2D eigenvalue weighted by molar-refractivity contribution is -0.385. The molecule has 0 spiro atoms. The number of nitro groups is 1. The summed E-state index contributed by atoms with van der Waals surface area (Å²) < 4.78 is 5.23. The number of carbonyl (C=O) groups excluding carboxylic acids is 1. The first-order chi connectivity index (χ1) is 10.0. The van der Waals surface area contributed by atoms with E-state index < -0.39 is 4.92 Å². The number of amides is 1. The van der Waals surface area contributed by atoms with Crippen LogP contribution in [-0.2, 0) is 4.74 Å². The average molecular weight is 295 g/mol. The van der Waals surface area contributed by atoms with Gasteiger partial charge < -0.3 is 15.0 Å². The Bertz CT molecular complexity index is 505. The summed E-state index contributed by atoms with van der Waals surface area (Å²) in [4.78, 5) is 24.6. The van der Waals surface area contributed by atoms with Crippen molar-refractivity contribution in [1.82, 2.24) is 4.90 Å². The molecular weight excluding hydrogens is 274 g/mol. The number of nitro benzene ring substituents is 1. The summed E-state index contributed by atoms with van der Waals surface area (Å²) in [6.07, 6.45) is 0. The molecular formula is C14H21N3O4. The molecule has 0 bridgehead atoms. The molecule has 7 heteroatoms. The molecule has 0 aliphatic carbocycles. The van der Waals surface area contributed by atoms with Crippen molar-refractivity contribution in [2.45, 2.75) is 13.8 Å². The highest BCUT2D eigenvalue weighted by Crippen LogP contribution is 2.24. The topological polar surface area (TPSA) is 84.7 Å². The third-order valence-electron chi connectivity index (χ3n) is 3.09. The van der Waals surface area contributed by atoms with Crippen LogP contribution < -0.4 is 5.32 Å². The summed E-state index contributed by atoms with van der Waals surface area (Å²) in [6.45, 7) is 5.56. The Kier molecular flexibility index (Phi) is 6.61. The normalized spacial score (nSPS) is 10.2. The maximum absolute atomic E-state index is 12.5. The van der Waals surface area contributed by atoms with Crippen molar-refractivity contribution in [3.05, 3.63) is 33.9 Å². The number of hydrogen-bond acceptors (Lipinski definition) is 5. The first-order valence-electron chi connectivity index (χ1n) is 6.88. The highest BCUT2D eigenvalue weighted by molar-refractivity contribution is 5.99. The molecule has 21 heavy (non-hydrogen) atoms. The van der Waals surface area contributed by atoms with E-state index in [4.69, 9.17) is 4.74 Å². The zero-order chi connectivity index (χ0) is 15.8. The molecule has 0 aliphatic heterocycles. The van der Waals surface area contributed by atoms with Crippen LogP contribution in [0.2, 0.25) is 0 Å². The van der Waals surface area contributed by atoms with Gasteiger partial charge in [-0.15, -0.1) is 0 Å². The number of ether oxygens (including phenoxy) is 1. The molecule has 0 aliphatic rings. The van der Waals surface area contributed by atoms with Crippen LogP contribution in [0, 0.1) is 10.1 Å². The molecule has 0 saturated heterocycles. The van der Waals surface area contributed by atoms with Crippen LogP contribution in [0.1, 0.15) is 24.2 Å². The number of benzene rings is 1. The molecule has 7 nitrogen and oxygen atoms in total. The molecule has 0 fully saturated rings. The molecule has 1 N–H and O–H groups in total. The van der Waals surface area contributed by atoms with E-state index in [2.05, 4.69) is 5.32 Å². The average Bonchev–Trinajstić information content (AvgIpc) is 2.50. The Balaban J connectivity index is 3.04. The Labute approximate surface area is 124 Å². The molecule has 1 amide bonds. The Morgan fingerprint density at radius 2 is 2.14 bits per heavy atom. The van der Waals surface area contributed by atoms with Gasteiger partial charge in [0.25, 0.3) is 11.6 Å². The Morgan fingerprint density at radius 3 is 2.67 bits per heavy atom. The molecule has 0 unspecified atom stereocenters. The minimum atomic E-state index is -0.539. The van der Waals surface area contributed by atoms with Gasteiger partial charge in [0, 0.05) is 38.5 Å². The van der Waals surface area contributed by atoms with E-state index in [1.807, 2.05) is 13.8 Å². The van der Waals surface area contributed by atoms with Gasteiger partial charge in [0.15, 0.2) is 0 Å². The molecule has 1 aromatic carbocycles. The summed E-state index contributed by atoms with van der Waals surface area (Å²) >= 11 is 0. The zero-order valence-corrected chi connectivity index (χ0v) is 12.6. The van der Waals surface area contributed by atoms with E-state index in [0.717, 1.165) is 0 Å². The van der Waals surface area contributed by atoms with Gasteiger partial charge in [-0.25, -0.2) is 0 Å². The summed E-state index contributed by atoms with van der Waals surface area (Å²) in [6, 6.07) is 4.42. The number of anilines is 1. The fraction of sp³-hybridized carbons (Fsp3) is 0.500. The summed E-state index contributed by atoms with van der Waals surface area (Å²) in [5.41, 5.74) is 0.559. The second-order valence-corrected chi connectivity index (χ2v) is 4.32. The number of carbonyl (C=O) groups is 1. The summed E-state index contributed by atoms with van der Waals surface area (Å²) in [7, 11) is 1.70. The van der Waals surface area contributed by atoms with Gasteiger partial charge in [-0.2, -0.15) is 0 Å². The third kappa shape index (κ3) is 4.42. The molecule has 1 aromatic rings. The fourth-order valence-corrected chi connectivity index (χ4v) is 1.91. The van der Waals surface area contributed by atoms with Crippen molar-refractivity contribution in [3.63, 3.8) is 0 Å². The maximum atomic E-state index is 12.5. The van der Waals surface area contributed by atoms with Crippen LogP contribution in [0.4, 0.5) is 11.4 Å². The molecule has 0 radical (unpaired) electrons. The molecule has 0 heterocycles. The van der Waals surface area contributed by atoms with Crippen molar-refractivity contribution >= 4 is 17.3 Å². The van der Waals surface area contributed by atoms with Crippen LogP contribution in [0.5, 0.6) is 0 Å². The van der Waals surface area contributed by atoms with Gasteiger partial charge in [0.2, 0.25) is 0 Å². The predicted octanol–water partition coefficient (Wildman–Crippen LogP) is 2.14. The lowest BCUT2D eigenvalue weighted by Gasteiger charge is -2.21. The van der Waals surface area contributed by atoms with Gasteiger partial charge in [-0.3, -0.25) is 14.9 Å². The summed E-state index contributed by atoms with van der Waals surface area (Å²) in [5.74, 6) is -0.360. The summed E-state index contributed by atoms with van der Waals surface area (Å²) in [5, 5.41) is 14.0. The minimum absolute atomic E-state index is 0.0881. The second kappa shape index (κ2) is 8.21. The van der Waals surface area contributed by atoms with Gasteiger partial charge >= 0.3 is 0 Å². The van der Waals surface area contributed by atoms with Crippen LogP contribution in [0.3, 0.4) is 0 Å². The molecule has 1 rings (SSSR count). The van der Waals surface area contributed by atoms with Gasteiger partial charge in [0.05, 0.1) is 11.5 Å². The van der Waals surface area contributed by atoms with Crippen molar-refractivity contribution in [3.8, 4) is 0 Å². The fourth-order valence-electron chi connectivity index (χ4n) is 1.91.